The lowest BCUT2D eigenvalue weighted by molar-refractivity contribution is -0.115. The van der Waals surface area contributed by atoms with E-state index in [4.69, 9.17) is 37.7 Å². The van der Waals surface area contributed by atoms with Gasteiger partial charge in [-0.1, -0.05) is 47.1 Å². The van der Waals surface area contributed by atoms with Crippen molar-refractivity contribution in [3.63, 3.8) is 0 Å². The van der Waals surface area contributed by atoms with Gasteiger partial charge in [-0.25, -0.2) is 4.98 Å². The van der Waals surface area contributed by atoms with Gasteiger partial charge in [0.25, 0.3) is 5.56 Å². The minimum atomic E-state index is -0.604. The molecular weight excluding hydrogens is 509 g/mol. The lowest BCUT2D eigenvalue weighted by Crippen LogP contribution is -2.26. The Morgan fingerprint density at radius 1 is 1.00 bits per heavy atom. The van der Waals surface area contributed by atoms with Crippen LogP contribution in [0, 0.1) is 0 Å². The standard InChI is InChI=1S/C25H21Cl2N3O4S/c1-14(23(31)28-17-11-15(26)10-16(27)12-17)35-25-29-20-7-5-4-6-19(20)24(32)30(25)18-8-9-21(33-2)22(13-18)34-3/h4-14H,1-3H3,(H,28,31)/t14-/m0/s1. The Balaban J connectivity index is 1.75. The number of halogens is 2. The number of para-hydroxylation sites is 1. The van der Waals surface area contributed by atoms with Crippen LogP contribution in [0.4, 0.5) is 5.69 Å². The minimum Gasteiger partial charge on any atom is -0.493 e. The number of thioether (sulfide) groups is 1. The Labute approximate surface area is 216 Å². The van der Waals surface area contributed by atoms with Gasteiger partial charge in [-0.3, -0.25) is 14.2 Å². The average Bonchev–Trinajstić information content (AvgIpc) is 2.83. The van der Waals surface area contributed by atoms with E-state index >= 15 is 0 Å². The van der Waals surface area contributed by atoms with E-state index in [1.165, 1.54) is 18.8 Å². The third-order valence-electron chi connectivity index (χ3n) is 5.15. The van der Waals surface area contributed by atoms with E-state index in [1.54, 1.807) is 61.5 Å². The van der Waals surface area contributed by atoms with Gasteiger partial charge in [-0.2, -0.15) is 0 Å². The average molecular weight is 530 g/mol. The lowest BCUT2D eigenvalue weighted by atomic mass is 10.2. The van der Waals surface area contributed by atoms with Gasteiger partial charge in [-0.05, 0) is 49.4 Å². The molecule has 0 spiro atoms. The summed E-state index contributed by atoms with van der Waals surface area (Å²) >= 11 is 13.2. The molecule has 0 aliphatic heterocycles. The maximum Gasteiger partial charge on any atom is 0.266 e. The number of methoxy groups -OCH3 is 2. The molecule has 0 saturated heterocycles. The normalized spacial score (nSPS) is 11.8. The molecule has 1 aromatic heterocycles. The summed E-state index contributed by atoms with van der Waals surface area (Å²) in [6, 6.07) is 17.0. The smallest absolute Gasteiger partial charge is 0.266 e. The first kappa shape index (κ1) is 24.9. The van der Waals surface area contributed by atoms with Crippen molar-refractivity contribution in [1.82, 2.24) is 9.55 Å². The van der Waals surface area contributed by atoms with E-state index in [2.05, 4.69) is 5.32 Å². The van der Waals surface area contributed by atoms with Gasteiger partial charge >= 0.3 is 0 Å². The summed E-state index contributed by atoms with van der Waals surface area (Å²) in [6.07, 6.45) is 0. The molecule has 0 unspecified atom stereocenters. The molecule has 1 N–H and O–H groups in total. The number of fused-ring (bicyclic) bond motifs is 1. The number of anilines is 1. The van der Waals surface area contributed by atoms with E-state index in [-0.39, 0.29) is 11.5 Å². The zero-order valence-corrected chi connectivity index (χ0v) is 21.4. The molecule has 35 heavy (non-hydrogen) atoms. The van der Waals surface area contributed by atoms with Crippen molar-refractivity contribution < 1.29 is 14.3 Å². The first-order chi connectivity index (χ1) is 16.8. The van der Waals surface area contributed by atoms with Gasteiger partial charge in [0.2, 0.25) is 5.91 Å². The quantitative estimate of drug-likeness (QED) is 0.239. The zero-order chi connectivity index (χ0) is 25.1. The molecule has 0 radical (unpaired) electrons. The number of ether oxygens (including phenoxy) is 2. The van der Waals surface area contributed by atoms with Crippen LogP contribution < -0.4 is 20.3 Å². The number of aromatic nitrogens is 2. The first-order valence-corrected chi connectivity index (χ1v) is 12.1. The van der Waals surface area contributed by atoms with Gasteiger partial charge in [0, 0.05) is 21.8 Å². The Morgan fingerprint density at radius 3 is 2.37 bits per heavy atom. The Kier molecular flexibility index (Phi) is 7.54. The number of amides is 1. The second kappa shape index (κ2) is 10.6. The van der Waals surface area contributed by atoms with E-state index in [0.29, 0.717) is 49.0 Å². The Bertz CT molecular complexity index is 1460. The summed E-state index contributed by atoms with van der Waals surface area (Å²) in [5.74, 6) is 0.694. The highest BCUT2D eigenvalue weighted by molar-refractivity contribution is 8.00. The van der Waals surface area contributed by atoms with Gasteiger partial charge in [-0.15, -0.1) is 0 Å². The number of nitrogens with zero attached hydrogens (tertiary/aromatic N) is 2. The van der Waals surface area contributed by atoms with Gasteiger partial charge < -0.3 is 14.8 Å². The number of benzene rings is 3. The fraction of sp³-hybridized carbons (Fsp3) is 0.160. The molecule has 0 aliphatic rings. The predicted molar refractivity (Wildman–Crippen MR) is 141 cm³/mol. The van der Waals surface area contributed by atoms with Crippen LogP contribution in [0.3, 0.4) is 0 Å². The summed E-state index contributed by atoms with van der Waals surface area (Å²) in [4.78, 5) is 31.2. The Morgan fingerprint density at radius 2 is 1.69 bits per heavy atom. The monoisotopic (exact) mass is 529 g/mol. The fourth-order valence-electron chi connectivity index (χ4n) is 3.46. The predicted octanol–water partition coefficient (Wildman–Crippen LogP) is 5.83. The summed E-state index contributed by atoms with van der Waals surface area (Å²) in [7, 11) is 3.06. The fourth-order valence-corrected chi connectivity index (χ4v) is 4.92. The van der Waals surface area contributed by atoms with E-state index < -0.39 is 5.25 Å². The second-order valence-electron chi connectivity index (χ2n) is 7.50. The molecule has 4 aromatic rings. The molecule has 0 fully saturated rings. The summed E-state index contributed by atoms with van der Waals surface area (Å²) < 4.78 is 12.2. The number of rotatable bonds is 7. The summed E-state index contributed by atoms with van der Waals surface area (Å²) in [5.41, 5.74) is 1.27. The molecule has 0 saturated carbocycles. The van der Waals surface area contributed by atoms with Crippen LogP contribution in [0.25, 0.3) is 16.6 Å². The highest BCUT2D eigenvalue weighted by Crippen LogP contribution is 2.32. The van der Waals surface area contributed by atoms with Crippen LogP contribution in [-0.4, -0.2) is 34.9 Å². The van der Waals surface area contributed by atoms with E-state index in [9.17, 15) is 9.59 Å². The molecule has 1 amide bonds. The third-order valence-corrected chi connectivity index (χ3v) is 6.64. The van der Waals surface area contributed by atoms with Crippen molar-refractivity contribution in [2.75, 3.05) is 19.5 Å². The molecule has 10 heteroatoms. The van der Waals surface area contributed by atoms with Crippen molar-refractivity contribution in [2.24, 2.45) is 0 Å². The topological polar surface area (TPSA) is 82.5 Å². The molecule has 0 bridgehead atoms. The van der Waals surface area contributed by atoms with E-state index in [1.807, 2.05) is 6.07 Å². The molecule has 7 nitrogen and oxygen atoms in total. The van der Waals surface area contributed by atoms with Crippen LogP contribution in [0.2, 0.25) is 10.0 Å². The number of hydrogen-bond acceptors (Lipinski definition) is 6. The van der Waals surface area contributed by atoms with Crippen molar-refractivity contribution in [3.05, 3.63) is 81.1 Å². The van der Waals surface area contributed by atoms with Crippen molar-refractivity contribution in [2.45, 2.75) is 17.3 Å². The summed E-state index contributed by atoms with van der Waals surface area (Å²) in [5, 5.41) is 3.83. The SMILES string of the molecule is COc1ccc(-n2c(S[C@@H](C)C(=O)Nc3cc(Cl)cc(Cl)c3)nc3ccccc3c2=O)cc1OC. The third kappa shape index (κ3) is 5.40. The first-order valence-electron chi connectivity index (χ1n) is 10.5. The van der Waals surface area contributed by atoms with Gasteiger partial charge in [0.05, 0.1) is 36.1 Å². The summed E-state index contributed by atoms with van der Waals surface area (Å²) in [6.45, 7) is 1.73. The van der Waals surface area contributed by atoms with Crippen LogP contribution in [-0.2, 0) is 4.79 Å². The van der Waals surface area contributed by atoms with Crippen LogP contribution >= 0.6 is 35.0 Å². The number of carbonyl (C=O) groups excluding carboxylic acids is 1. The molecule has 0 aliphatic carbocycles. The van der Waals surface area contributed by atoms with Crippen LogP contribution in [0.5, 0.6) is 11.5 Å². The lowest BCUT2D eigenvalue weighted by Gasteiger charge is -2.17. The zero-order valence-electron chi connectivity index (χ0n) is 19.0. The van der Waals surface area contributed by atoms with Crippen molar-refractivity contribution >= 4 is 57.5 Å². The van der Waals surface area contributed by atoms with Crippen LogP contribution in [0.1, 0.15) is 6.92 Å². The van der Waals surface area contributed by atoms with Crippen molar-refractivity contribution in [1.29, 1.82) is 0 Å². The molecule has 4 rings (SSSR count). The maximum atomic E-state index is 13.5. The molecule has 3 aromatic carbocycles. The number of nitrogens with one attached hydrogen (secondary N) is 1. The second-order valence-corrected chi connectivity index (χ2v) is 9.68. The molecule has 1 atom stereocenters. The molecule has 1 heterocycles. The van der Waals surface area contributed by atoms with Gasteiger partial charge in [0.1, 0.15) is 0 Å². The van der Waals surface area contributed by atoms with E-state index in [0.717, 1.165) is 11.8 Å². The van der Waals surface area contributed by atoms with Crippen molar-refractivity contribution in [3.8, 4) is 17.2 Å². The molecule has 180 valence electrons. The maximum absolute atomic E-state index is 13.5. The largest absolute Gasteiger partial charge is 0.493 e. The number of hydrogen-bond donors (Lipinski definition) is 1. The highest BCUT2D eigenvalue weighted by Gasteiger charge is 2.21. The minimum absolute atomic E-state index is 0.264. The van der Waals surface area contributed by atoms with Crippen LogP contribution in [0.15, 0.2) is 70.6 Å². The van der Waals surface area contributed by atoms with Gasteiger partial charge in [0.15, 0.2) is 16.7 Å². The molecular formula is C25H21Cl2N3O4S. The Hall–Kier alpha value is -3.20. The number of carbonyl (C=O) groups is 1. The highest BCUT2D eigenvalue weighted by atomic mass is 35.5.